The van der Waals surface area contributed by atoms with Crippen molar-refractivity contribution in [1.29, 1.82) is 0 Å². The molecule has 2 atom stereocenters. The first-order chi connectivity index (χ1) is 9.06. The third kappa shape index (κ3) is 1.79. The number of hydrogen-bond donors (Lipinski definition) is 0. The van der Waals surface area contributed by atoms with Gasteiger partial charge in [0.05, 0.1) is 4.90 Å². The van der Waals surface area contributed by atoms with E-state index in [1.165, 1.54) is 0 Å². The molecule has 1 heterocycles. The fourth-order valence-electron chi connectivity index (χ4n) is 3.08. The lowest BCUT2D eigenvalue weighted by Crippen LogP contribution is -2.43. The van der Waals surface area contributed by atoms with E-state index in [2.05, 4.69) is 0 Å². The normalized spacial score (nSPS) is 30.7. The Bertz CT molecular complexity index is 593. The highest BCUT2D eigenvalue weighted by Crippen LogP contribution is 2.44. The van der Waals surface area contributed by atoms with Crippen LogP contribution in [0.25, 0.3) is 0 Å². The highest BCUT2D eigenvalue weighted by molar-refractivity contribution is 7.93. The molecule has 4 nitrogen and oxygen atoms in total. The van der Waals surface area contributed by atoms with Gasteiger partial charge in [0.15, 0.2) is 14.6 Å². The summed E-state index contributed by atoms with van der Waals surface area (Å²) in [7, 11) is -3.68. The first kappa shape index (κ1) is 12.7. The van der Waals surface area contributed by atoms with E-state index in [1.54, 1.807) is 30.3 Å². The molecule has 1 aromatic carbocycles. The van der Waals surface area contributed by atoms with Gasteiger partial charge in [-0.25, -0.2) is 8.42 Å². The van der Waals surface area contributed by atoms with E-state index >= 15 is 0 Å². The van der Waals surface area contributed by atoms with Gasteiger partial charge < -0.3 is 4.74 Å². The largest absolute Gasteiger partial charge is 0.461 e. The molecule has 0 radical (unpaired) electrons. The lowest BCUT2D eigenvalue weighted by Gasteiger charge is -2.24. The second kappa shape index (κ2) is 4.34. The number of rotatable bonds is 2. The summed E-state index contributed by atoms with van der Waals surface area (Å²) < 4.78 is 29.6. The molecule has 2 unspecified atom stereocenters. The molecule has 1 aliphatic heterocycles. The SMILES string of the molecule is O=C1OC2CCCCC1(S(=O)(=O)c1ccccc1)C2. The van der Waals surface area contributed by atoms with Crippen LogP contribution in [0.5, 0.6) is 0 Å². The molecule has 5 heteroatoms. The molecule has 0 aromatic heterocycles. The summed E-state index contributed by atoms with van der Waals surface area (Å²) in [5.41, 5.74) is 0. The summed E-state index contributed by atoms with van der Waals surface area (Å²) in [5.74, 6) is -0.555. The predicted molar refractivity (Wildman–Crippen MR) is 69.3 cm³/mol. The third-order valence-corrected chi connectivity index (χ3v) is 6.59. The first-order valence-electron chi connectivity index (χ1n) is 6.57. The Morgan fingerprint density at radius 1 is 1.16 bits per heavy atom. The zero-order valence-electron chi connectivity index (χ0n) is 10.5. The lowest BCUT2D eigenvalue weighted by molar-refractivity contribution is -0.144. The van der Waals surface area contributed by atoms with Gasteiger partial charge in [0.25, 0.3) is 0 Å². The number of fused-ring (bicyclic) bond motifs is 2. The number of sulfone groups is 1. The standard InChI is InChI=1S/C14H16O4S/c15-13-14(9-5-4-6-11(10-14)18-13)19(16,17)12-7-2-1-3-8-12/h1-3,7-8,11H,4-6,9-10H2. The van der Waals surface area contributed by atoms with Crippen molar-refractivity contribution in [2.45, 2.75) is 47.9 Å². The quantitative estimate of drug-likeness (QED) is 0.778. The molecule has 0 spiro atoms. The van der Waals surface area contributed by atoms with E-state index in [0.717, 1.165) is 19.3 Å². The summed E-state index contributed by atoms with van der Waals surface area (Å²) in [4.78, 5) is 12.4. The van der Waals surface area contributed by atoms with Crippen LogP contribution >= 0.6 is 0 Å². The molecular weight excluding hydrogens is 264 g/mol. The maximum atomic E-state index is 12.8. The maximum absolute atomic E-state index is 12.8. The zero-order valence-corrected chi connectivity index (χ0v) is 11.4. The van der Waals surface area contributed by atoms with Crippen LogP contribution < -0.4 is 0 Å². The number of esters is 1. The van der Waals surface area contributed by atoms with Crippen molar-refractivity contribution in [2.75, 3.05) is 0 Å². The van der Waals surface area contributed by atoms with Gasteiger partial charge in [-0.15, -0.1) is 0 Å². The second-order valence-electron chi connectivity index (χ2n) is 5.29. The molecule has 0 N–H and O–H groups in total. The van der Waals surface area contributed by atoms with Crippen molar-refractivity contribution in [2.24, 2.45) is 0 Å². The molecule has 102 valence electrons. The molecule has 19 heavy (non-hydrogen) atoms. The number of benzene rings is 1. The van der Waals surface area contributed by atoms with E-state index in [-0.39, 0.29) is 11.0 Å². The Hall–Kier alpha value is -1.36. The van der Waals surface area contributed by atoms with E-state index in [4.69, 9.17) is 4.74 Å². The van der Waals surface area contributed by atoms with Crippen LogP contribution in [0.4, 0.5) is 0 Å². The smallest absolute Gasteiger partial charge is 0.328 e. The molecule has 1 aromatic rings. The van der Waals surface area contributed by atoms with Gasteiger partial charge >= 0.3 is 5.97 Å². The molecular formula is C14H16O4S. The number of carbonyl (C=O) groups excluding carboxylic acids is 1. The summed E-state index contributed by atoms with van der Waals surface area (Å²) >= 11 is 0. The van der Waals surface area contributed by atoms with E-state index < -0.39 is 20.6 Å². The molecule has 0 amide bonds. The highest BCUT2D eigenvalue weighted by Gasteiger charge is 2.59. The van der Waals surface area contributed by atoms with Gasteiger partial charge in [0.2, 0.25) is 0 Å². The molecule has 1 saturated carbocycles. The molecule has 2 aliphatic rings. The number of ether oxygens (including phenoxy) is 1. The van der Waals surface area contributed by atoms with E-state index in [9.17, 15) is 13.2 Å². The molecule has 3 rings (SSSR count). The Kier molecular flexibility index (Phi) is 2.89. The summed E-state index contributed by atoms with van der Waals surface area (Å²) in [6.07, 6.45) is 2.91. The summed E-state index contributed by atoms with van der Waals surface area (Å²) in [5, 5.41) is 0. The Morgan fingerprint density at radius 2 is 1.89 bits per heavy atom. The van der Waals surface area contributed by atoms with Gasteiger partial charge in [0.1, 0.15) is 6.10 Å². The van der Waals surface area contributed by atoms with Crippen molar-refractivity contribution in [1.82, 2.24) is 0 Å². The van der Waals surface area contributed by atoms with Crippen LogP contribution in [0, 0.1) is 0 Å². The first-order valence-corrected chi connectivity index (χ1v) is 8.05. The minimum Gasteiger partial charge on any atom is -0.461 e. The van der Waals surface area contributed by atoms with Crippen LogP contribution in [0.3, 0.4) is 0 Å². The summed E-state index contributed by atoms with van der Waals surface area (Å²) in [6, 6.07) is 8.22. The van der Waals surface area contributed by atoms with Crippen molar-refractivity contribution in [3.63, 3.8) is 0 Å². The average Bonchev–Trinajstić information content (AvgIpc) is 2.60. The Labute approximate surface area is 112 Å². The third-order valence-electron chi connectivity index (χ3n) is 4.13. The average molecular weight is 280 g/mol. The lowest BCUT2D eigenvalue weighted by atomic mass is 10.0. The topological polar surface area (TPSA) is 60.4 Å². The van der Waals surface area contributed by atoms with Crippen LogP contribution in [-0.2, 0) is 19.4 Å². The van der Waals surface area contributed by atoms with Gasteiger partial charge in [0, 0.05) is 6.42 Å². The Balaban J connectivity index is 2.11. The monoisotopic (exact) mass is 280 g/mol. The molecule has 2 bridgehead atoms. The fourth-order valence-corrected chi connectivity index (χ4v) is 5.13. The van der Waals surface area contributed by atoms with Crippen LogP contribution in [-0.4, -0.2) is 25.2 Å². The molecule has 1 saturated heterocycles. The predicted octanol–water partition coefficient (Wildman–Crippen LogP) is 2.09. The van der Waals surface area contributed by atoms with Crippen molar-refractivity contribution >= 4 is 15.8 Å². The molecule has 2 fully saturated rings. The van der Waals surface area contributed by atoms with Gasteiger partial charge in [-0.3, -0.25) is 4.79 Å². The Morgan fingerprint density at radius 3 is 2.63 bits per heavy atom. The number of hydrogen-bond acceptors (Lipinski definition) is 4. The zero-order chi connectivity index (χ0) is 13.5. The summed E-state index contributed by atoms with van der Waals surface area (Å²) in [6.45, 7) is 0. The maximum Gasteiger partial charge on any atom is 0.328 e. The van der Waals surface area contributed by atoms with E-state index in [1.807, 2.05) is 0 Å². The highest BCUT2D eigenvalue weighted by atomic mass is 32.2. The van der Waals surface area contributed by atoms with Crippen molar-refractivity contribution in [3.8, 4) is 0 Å². The minimum atomic E-state index is -3.68. The van der Waals surface area contributed by atoms with Crippen molar-refractivity contribution in [3.05, 3.63) is 30.3 Å². The van der Waals surface area contributed by atoms with Gasteiger partial charge in [-0.05, 0) is 31.4 Å². The van der Waals surface area contributed by atoms with Crippen LogP contribution in [0.2, 0.25) is 0 Å². The molecule has 1 aliphatic carbocycles. The number of carbonyl (C=O) groups is 1. The second-order valence-corrected chi connectivity index (χ2v) is 7.55. The van der Waals surface area contributed by atoms with Gasteiger partial charge in [-0.1, -0.05) is 24.6 Å². The van der Waals surface area contributed by atoms with Crippen molar-refractivity contribution < 1.29 is 17.9 Å². The van der Waals surface area contributed by atoms with Crippen LogP contribution in [0.15, 0.2) is 35.2 Å². The van der Waals surface area contributed by atoms with Crippen LogP contribution in [0.1, 0.15) is 32.1 Å². The van der Waals surface area contributed by atoms with Gasteiger partial charge in [-0.2, -0.15) is 0 Å². The minimum absolute atomic E-state index is 0.217. The van der Waals surface area contributed by atoms with E-state index in [0.29, 0.717) is 12.8 Å². The fraction of sp³-hybridized carbons (Fsp3) is 0.500.